The van der Waals surface area contributed by atoms with E-state index in [0.717, 1.165) is 5.56 Å². The first-order valence-corrected chi connectivity index (χ1v) is 7.74. The minimum Gasteiger partial charge on any atom is -0.348 e. The van der Waals surface area contributed by atoms with Gasteiger partial charge in [0.25, 0.3) is 5.69 Å². The summed E-state index contributed by atoms with van der Waals surface area (Å²) in [5, 5.41) is 15.1. The maximum atomic E-state index is 10.6. The van der Waals surface area contributed by atoms with Crippen LogP contribution in [0.1, 0.15) is 5.56 Å². The SMILES string of the molecule is CN(Cc1ccc(Cl)c(Cl)c1)C(=S)Nc1ccc([N+](=O)[O-])cc1. The number of nitrogens with one attached hydrogen (secondary N) is 1. The molecule has 2 aromatic carbocycles. The van der Waals surface area contributed by atoms with Crippen LogP contribution < -0.4 is 5.32 Å². The zero-order chi connectivity index (χ0) is 17.0. The molecule has 0 bridgehead atoms. The van der Waals surface area contributed by atoms with Crippen LogP contribution in [0.5, 0.6) is 0 Å². The van der Waals surface area contributed by atoms with Crippen LogP contribution in [-0.2, 0) is 6.54 Å². The second kappa shape index (κ2) is 7.59. The van der Waals surface area contributed by atoms with Gasteiger partial charge in [0, 0.05) is 31.4 Å². The quantitative estimate of drug-likeness (QED) is 0.479. The van der Waals surface area contributed by atoms with Gasteiger partial charge in [0.15, 0.2) is 5.11 Å². The lowest BCUT2D eigenvalue weighted by Crippen LogP contribution is -2.30. The standard InChI is InChI=1S/C15H13Cl2N3O2S/c1-19(9-10-2-7-13(16)14(17)8-10)15(23)18-11-3-5-12(6-4-11)20(21)22/h2-8H,9H2,1H3,(H,18,23). The van der Waals surface area contributed by atoms with Gasteiger partial charge in [-0.25, -0.2) is 0 Å². The van der Waals surface area contributed by atoms with Gasteiger partial charge in [-0.3, -0.25) is 10.1 Å². The summed E-state index contributed by atoms with van der Waals surface area (Å²) in [5.41, 5.74) is 1.68. The molecule has 5 nitrogen and oxygen atoms in total. The molecule has 0 fully saturated rings. The van der Waals surface area contributed by atoms with E-state index in [2.05, 4.69) is 5.32 Å². The van der Waals surface area contributed by atoms with Crippen LogP contribution in [0.2, 0.25) is 10.0 Å². The molecule has 8 heteroatoms. The first kappa shape index (κ1) is 17.5. The lowest BCUT2D eigenvalue weighted by molar-refractivity contribution is -0.384. The summed E-state index contributed by atoms with van der Waals surface area (Å²) in [5.74, 6) is 0. The van der Waals surface area contributed by atoms with Gasteiger partial charge in [-0.2, -0.15) is 0 Å². The van der Waals surface area contributed by atoms with Gasteiger partial charge in [-0.05, 0) is 42.0 Å². The molecule has 0 aliphatic carbocycles. The Hall–Kier alpha value is -1.89. The third kappa shape index (κ3) is 4.79. The van der Waals surface area contributed by atoms with E-state index in [-0.39, 0.29) is 5.69 Å². The fraction of sp³-hybridized carbons (Fsp3) is 0.133. The highest BCUT2D eigenvalue weighted by Crippen LogP contribution is 2.23. The first-order valence-electron chi connectivity index (χ1n) is 6.57. The summed E-state index contributed by atoms with van der Waals surface area (Å²) in [4.78, 5) is 12.0. The van der Waals surface area contributed by atoms with Crippen LogP contribution in [0.3, 0.4) is 0 Å². The van der Waals surface area contributed by atoms with Gasteiger partial charge in [0.1, 0.15) is 0 Å². The van der Waals surface area contributed by atoms with E-state index >= 15 is 0 Å². The Labute approximate surface area is 149 Å². The lowest BCUT2D eigenvalue weighted by atomic mass is 10.2. The number of nitro groups is 1. The van der Waals surface area contributed by atoms with E-state index < -0.39 is 4.92 Å². The highest BCUT2D eigenvalue weighted by molar-refractivity contribution is 7.80. The molecule has 0 aliphatic rings. The number of thiocarbonyl (C=S) groups is 1. The van der Waals surface area contributed by atoms with Gasteiger partial charge in [-0.15, -0.1) is 0 Å². The summed E-state index contributed by atoms with van der Waals surface area (Å²) in [6.45, 7) is 0.551. The highest BCUT2D eigenvalue weighted by Gasteiger charge is 2.09. The fourth-order valence-electron chi connectivity index (χ4n) is 1.87. The number of rotatable bonds is 4. The molecule has 2 rings (SSSR count). The number of non-ortho nitro benzene ring substituents is 1. The van der Waals surface area contributed by atoms with Crippen molar-refractivity contribution in [3.05, 3.63) is 68.2 Å². The van der Waals surface area contributed by atoms with Crippen molar-refractivity contribution in [2.75, 3.05) is 12.4 Å². The molecule has 0 radical (unpaired) electrons. The molecule has 0 aromatic heterocycles. The second-order valence-corrected chi connectivity index (χ2v) is 6.04. The van der Waals surface area contributed by atoms with Crippen molar-refractivity contribution >= 4 is 51.9 Å². The molecule has 0 saturated carbocycles. The fourth-order valence-corrected chi connectivity index (χ4v) is 2.37. The van der Waals surface area contributed by atoms with Gasteiger partial charge >= 0.3 is 0 Å². The Morgan fingerprint density at radius 2 is 1.87 bits per heavy atom. The molecule has 23 heavy (non-hydrogen) atoms. The smallest absolute Gasteiger partial charge is 0.269 e. The van der Waals surface area contributed by atoms with Crippen LogP contribution in [-0.4, -0.2) is 22.0 Å². The summed E-state index contributed by atoms with van der Waals surface area (Å²) in [6.07, 6.45) is 0. The Kier molecular flexibility index (Phi) is 5.76. The molecule has 0 aliphatic heterocycles. The summed E-state index contributed by atoms with van der Waals surface area (Å²) in [7, 11) is 1.84. The Morgan fingerprint density at radius 3 is 2.43 bits per heavy atom. The molecule has 1 N–H and O–H groups in total. The Morgan fingerprint density at radius 1 is 1.22 bits per heavy atom. The number of anilines is 1. The van der Waals surface area contributed by atoms with E-state index in [4.69, 9.17) is 35.4 Å². The number of hydrogen-bond donors (Lipinski definition) is 1. The van der Waals surface area contributed by atoms with E-state index in [1.807, 2.05) is 18.0 Å². The largest absolute Gasteiger partial charge is 0.348 e. The van der Waals surface area contributed by atoms with Crippen LogP contribution in [0.4, 0.5) is 11.4 Å². The molecule has 0 atom stereocenters. The minimum atomic E-state index is -0.446. The minimum absolute atomic E-state index is 0.0330. The average Bonchev–Trinajstić information content (AvgIpc) is 2.51. The predicted octanol–water partition coefficient (Wildman–Crippen LogP) is 4.73. The first-order chi connectivity index (χ1) is 10.9. The maximum Gasteiger partial charge on any atom is 0.269 e. The normalized spacial score (nSPS) is 10.2. The molecular formula is C15H13Cl2N3O2S. The van der Waals surface area contributed by atoms with E-state index in [0.29, 0.717) is 27.4 Å². The van der Waals surface area contributed by atoms with Crippen molar-refractivity contribution < 1.29 is 4.92 Å². The third-order valence-corrected chi connectivity index (χ3v) is 4.23. The van der Waals surface area contributed by atoms with Crippen molar-refractivity contribution in [2.24, 2.45) is 0 Å². The lowest BCUT2D eigenvalue weighted by Gasteiger charge is -2.21. The van der Waals surface area contributed by atoms with Gasteiger partial charge in [0.05, 0.1) is 15.0 Å². The van der Waals surface area contributed by atoms with E-state index in [9.17, 15) is 10.1 Å². The summed E-state index contributed by atoms with van der Waals surface area (Å²) >= 11 is 17.2. The predicted molar refractivity (Wildman–Crippen MR) is 97.2 cm³/mol. The van der Waals surface area contributed by atoms with Crippen LogP contribution >= 0.6 is 35.4 Å². The molecule has 0 heterocycles. The third-order valence-electron chi connectivity index (χ3n) is 3.08. The highest BCUT2D eigenvalue weighted by atomic mass is 35.5. The van der Waals surface area contributed by atoms with Gasteiger partial charge in [0.2, 0.25) is 0 Å². The number of nitro benzene ring substituents is 1. The summed E-state index contributed by atoms with van der Waals surface area (Å²) < 4.78 is 0. The van der Waals surface area contributed by atoms with Crippen LogP contribution in [0, 0.1) is 10.1 Å². The van der Waals surface area contributed by atoms with Crippen LogP contribution in [0.15, 0.2) is 42.5 Å². The average molecular weight is 370 g/mol. The van der Waals surface area contributed by atoms with E-state index in [1.54, 1.807) is 24.3 Å². The Balaban J connectivity index is 1.99. The van der Waals surface area contributed by atoms with Crippen molar-refractivity contribution in [1.29, 1.82) is 0 Å². The zero-order valence-electron chi connectivity index (χ0n) is 12.1. The monoisotopic (exact) mass is 369 g/mol. The molecular weight excluding hydrogens is 357 g/mol. The number of benzene rings is 2. The number of nitrogens with zero attached hydrogens (tertiary/aromatic N) is 2. The molecule has 2 aromatic rings. The molecule has 0 amide bonds. The van der Waals surface area contributed by atoms with Crippen molar-refractivity contribution in [3.8, 4) is 0 Å². The van der Waals surface area contributed by atoms with Crippen molar-refractivity contribution in [2.45, 2.75) is 6.54 Å². The molecule has 0 spiro atoms. The van der Waals surface area contributed by atoms with Crippen molar-refractivity contribution in [3.63, 3.8) is 0 Å². The van der Waals surface area contributed by atoms with E-state index in [1.165, 1.54) is 12.1 Å². The topological polar surface area (TPSA) is 58.4 Å². The molecule has 0 saturated heterocycles. The maximum absolute atomic E-state index is 10.6. The van der Waals surface area contributed by atoms with Crippen LogP contribution in [0.25, 0.3) is 0 Å². The Bertz CT molecular complexity index is 738. The number of hydrogen-bond acceptors (Lipinski definition) is 3. The molecule has 0 unspecified atom stereocenters. The summed E-state index contributed by atoms with van der Waals surface area (Å²) in [6, 6.07) is 11.5. The number of halogens is 2. The second-order valence-electron chi connectivity index (χ2n) is 4.84. The van der Waals surface area contributed by atoms with Crippen molar-refractivity contribution in [1.82, 2.24) is 4.90 Å². The zero-order valence-corrected chi connectivity index (χ0v) is 14.5. The van der Waals surface area contributed by atoms with Gasteiger partial charge < -0.3 is 10.2 Å². The molecule has 120 valence electrons. The van der Waals surface area contributed by atoms with Gasteiger partial charge in [-0.1, -0.05) is 29.3 Å².